The molecule has 3 N–H and O–H groups in total. The monoisotopic (exact) mass is 312 g/mol. The van der Waals surface area contributed by atoms with Crippen LogP contribution in [0.2, 0.25) is 0 Å². The first-order valence-electron chi connectivity index (χ1n) is 7.03. The molecule has 1 rings (SSSR count). The van der Waals surface area contributed by atoms with Gasteiger partial charge in [0.25, 0.3) is 0 Å². The molecule has 0 bridgehead atoms. The lowest BCUT2D eigenvalue weighted by atomic mass is 9.80. The smallest absolute Gasteiger partial charge is 0.233 e. The number of hydrogen-bond acceptors (Lipinski definition) is 3. The number of hydrogen-bond donors (Lipinski definition) is 2. The zero-order valence-electron chi connectivity index (χ0n) is 12.6. The Bertz CT molecular complexity index is 450. The Morgan fingerprint density at radius 1 is 1.45 bits per heavy atom. The van der Waals surface area contributed by atoms with Crippen LogP contribution in [0.25, 0.3) is 0 Å². The van der Waals surface area contributed by atoms with E-state index in [1.807, 2.05) is 25.3 Å². The summed E-state index contributed by atoms with van der Waals surface area (Å²) in [6.45, 7) is 8.12. The van der Waals surface area contributed by atoms with Gasteiger partial charge >= 0.3 is 0 Å². The molecule has 1 unspecified atom stereocenters. The summed E-state index contributed by atoms with van der Waals surface area (Å²) in [5, 5.41) is 5.17. The first-order chi connectivity index (χ1) is 9.39. The number of nitrogens with one attached hydrogen (secondary N) is 1. The van der Waals surface area contributed by atoms with Crippen molar-refractivity contribution < 1.29 is 4.79 Å². The number of thiophene rings is 1. The van der Waals surface area contributed by atoms with Crippen LogP contribution in [0.1, 0.15) is 51.5 Å². The van der Waals surface area contributed by atoms with Gasteiger partial charge in [0, 0.05) is 4.88 Å². The van der Waals surface area contributed by atoms with Crippen molar-refractivity contribution in [3.63, 3.8) is 0 Å². The summed E-state index contributed by atoms with van der Waals surface area (Å²) in [5.74, 6) is 0.262. The van der Waals surface area contributed by atoms with Crippen molar-refractivity contribution in [2.24, 2.45) is 17.1 Å². The molecule has 1 amide bonds. The Kier molecular flexibility index (Phi) is 6.14. The van der Waals surface area contributed by atoms with Crippen LogP contribution >= 0.6 is 23.6 Å². The molecule has 1 atom stereocenters. The van der Waals surface area contributed by atoms with Crippen molar-refractivity contribution in [3.8, 4) is 0 Å². The highest BCUT2D eigenvalue weighted by Crippen LogP contribution is 2.31. The molecule has 1 aromatic heterocycles. The molecule has 20 heavy (non-hydrogen) atoms. The molecular formula is C15H24N2OS2. The zero-order chi connectivity index (χ0) is 15.3. The molecule has 1 heterocycles. The van der Waals surface area contributed by atoms with Gasteiger partial charge in [-0.15, -0.1) is 11.3 Å². The second-order valence-electron chi connectivity index (χ2n) is 5.36. The summed E-state index contributed by atoms with van der Waals surface area (Å²) in [4.78, 5) is 14.2. The second kappa shape index (κ2) is 7.18. The van der Waals surface area contributed by atoms with Crippen molar-refractivity contribution in [3.05, 3.63) is 22.4 Å². The Labute approximate surface area is 130 Å². The third-order valence-corrected chi connectivity index (χ3v) is 5.26. The molecule has 0 aliphatic carbocycles. The lowest BCUT2D eigenvalue weighted by Crippen LogP contribution is -2.49. The average molecular weight is 313 g/mol. The van der Waals surface area contributed by atoms with Crippen molar-refractivity contribution in [2.45, 2.75) is 46.6 Å². The van der Waals surface area contributed by atoms with Gasteiger partial charge in [0.05, 0.1) is 16.4 Å². The molecule has 0 aliphatic rings. The quantitative estimate of drug-likeness (QED) is 0.756. The van der Waals surface area contributed by atoms with Crippen LogP contribution in [0.15, 0.2) is 17.5 Å². The van der Waals surface area contributed by atoms with Crippen molar-refractivity contribution >= 4 is 34.5 Å². The lowest BCUT2D eigenvalue weighted by molar-refractivity contribution is -0.128. The number of amides is 1. The minimum absolute atomic E-state index is 0.00863. The average Bonchev–Trinajstić information content (AvgIpc) is 2.90. The van der Waals surface area contributed by atoms with Gasteiger partial charge in [0.2, 0.25) is 5.91 Å². The fourth-order valence-corrected chi connectivity index (χ4v) is 3.68. The second-order valence-corrected chi connectivity index (χ2v) is 6.78. The molecule has 0 aromatic carbocycles. The summed E-state index contributed by atoms with van der Waals surface area (Å²) < 4.78 is 0. The van der Waals surface area contributed by atoms with Crippen molar-refractivity contribution in [2.75, 3.05) is 0 Å². The third kappa shape index (κ3) is 3.38. The minimum Gasteiger partial charge on any atom is -0.392 e. The molecule has 112 valence electrons. The standard InChI is InChI=1S/C15H24N2OS2/c1-5-15(6-2,13(16)19)14(18)17-12(10(3)4)11-8-7-9-20-11/h7-10,12H,5-6H2,1-4H3,(H2,16,19)(H,17,18). The predicted molar refractivity (Wildman–Crippen MR) is 89.8 cm³/mol. The molecule has 0 fully saturated rings. The maximum atomic E-state index is 12.7. The van der Waals surface area contributed by atoms with Crippen LogP contribution in [0.5, 0.6) is 0 Å². The highest BCUT2D eigenvalue weighted by Gasteiger charge is 2.39. The molecule has 0 saturated carbocycles. The summed E-state index contributed by atoms with van der Waals surface area (Å²) in [5.41, 5.74) is 5.10. The van der Waals surface area contributed by atoms with E-state index in [0.29, 0.717) is 18.8 Å². The molecule has 0 aliphatic heterocycles. The summed E-state index contributed by atoms with van der Waals surface area (Å²) in [6.07, 6.45) is 1.25. The van der Waals surface area contributed by atoms with Gasteiger partial charge in [-0.25, -0.2) is 0 Å². The van der Waals surface area contributed by atoms with E-state index in [1.54, 1.807) is 11.3 Å². The van der Waals surface area contributed by atoms with E-state index < -0.39 is 5.41 Å². The van der Waals surface area contributed by atoms with Gasteiger partial charge < -0.3 is 11.1 Å². The largest absolute Gasteiger partial charge is 0.392 e. The fraction of sp³-hybridized carbons (Fsp3) is 0.600. The van der Waals surface area contributed by atoms with E-state index in [-0.39, 0.29) is 16.9 Å². The predicted octanol–water partition coefficient (Wildman–Crippen LogP) is 3.65. The highest BCUT2D eigenvalue weighted by molar-refractivity contribution is 7.80. The van der Waals surface area contributed by atoms with Crippen LogP contribution in [-0.4, -0.2) is 10.9 Å². The molecule has 0 saturated heterocycles. The van der Waals surface area contributed by atoms with Gasteiger partial charge in [-0.3, -0.25) is 4.79 Å². The van der Waals surface area contributed by atoms with Gasteiger partial charge in [-0.1, -0.05) is 46.0 Å². The van der Waals surface area contributed by atoms with Crippen LogP contribution in [-0.2, 0) is 4.79 Å². The SMILES string of the molecule is CCC(CC)(C(=O)NC(c1cccs1)C(C)C)C(N)=S. The molecular weight excluding hydrogens is 288 g/mol. The van der Waals surface area contributed by atoms with E-state index in [0.717, 1.165) is 4.88 Å². The number of carbonyl (C=O) groups is 1. The van der Waals surface area contributed by atoms with E-state index in [2.05, 4.69) is 25.2 Å². The van der Waals surface area contributed by atoms with Crippen LogP contribution < -0.4 is 11.1 Å². The van der Waals surface area contributed by atoms with E-state index >= 15 is 0 Å². The first-order valence-corrected chi connectivity index (χ1v) is 8.32. The number of rotatable bonds is 7. The van der Waals surface area contributed by atoms with E-state index in [4.69, 9.17) is 18.0 Å². The van der Waals surface area contributed by atoms with Crippen molar-refractivity contribution in [1.29, 1.82) is 0 Å². The number of nitrogens with two attached hydrogens (primary N) is 1. The molecule has 3 nitrogen and oxygen atoms in total. The Balaban J connectivity index is 2.99. The maximum Gasteiger partial charge on any atom is 0.233 e. The van der Waals surface area contributed by atoms with Gasteiger partial charge in [-0.2, -0.15) is 0 Å². The van der Waals surface area contributed by atoms with Gasteiger partial charge in [0.15, 0.2) is 0 Å². The topological polar surface area (TPSA) is 55.1 Å². The Hall–Kier alpha value is -0.940. The molecule has 0 spiro atoms. The molecule has 0 radical (unpaired) electrons. The number of carbonyl (C=O) groups excluding carboxylic acids is 1. The van der Waals surface area contributed by atoms with E-state index in [9.17, 15) is 4.79 Å². The fourth-order valence-electron chi connectivity index (χ4n) is 2.35. The van der Waals surface area contributed by atoms with Gasteiger partial charge in [0.1, 0.15) is 0 Å². The number of thiocarbonyl (C=S) groups is 1. The zero-order valence-corrected chi connectivity index (χ0v) is 14.2. The third-order valence-electron chi connectivity index (χ3n) is 3.92. The van der Waals surface area contributed by atoms with Crippen LogP contribution in [0, 0.1) is 11.3 Å². The Morgan fingerprint density at radius 3 is 2.40 bits per heavy atom. The lowest BCUT2D eigenvalue weighted by Gasteiger charge is -2.32. The highest BCUT2D eigenvalue weighted by atomic mass is 32.1. The summed E-state index contributed by atoms with van der Waals surface area (Å²) >= 11 is 6.80. The van der Waals surface area contributed by atoms with Gasteiger partial charge in [-0.05, 0) is 30.2 Å². The maximum absolute atomic E-state index is 12.7. The van der Waals surface area contributed by atoms with Crippen LogP contribution in [0.4, 0.5) is 0 Å². The van der Waals surface area contributed by atoms with E-state index in [1.165, 1.54) is 0 Å². The molecule has 5 heteroatoms. The Morgan fingerprint density at radius 2 is 2.05 bits per heavy atom. The molecule has 1 aromatic rings. The van der Waals surface area contributed by atoms with Crippen LogP contribution in [0.3, 0.4) is 0 Å². The van der Waals surface area contributed by atoms with Crippen molar-refractivity contribution in [1.82, 2.24) is 5.32 Å². The normalized spacial score (nSPS) is 13.2. The summed E-state index contributed by atoms with van der Waals surface area (Å²) in [7, 11) is 0. The first kappa shape index (κ1) is 17.1. The minimum atomic E-state index is -0.736. The summed E-state index contributed by atoms with van der Waals surface area (Å²) in [6, 6.07) is 4.06.